The molecular weight excluding hydrogens is 296 g/mol. The number of nitrogens with zero attached hydrogens (tertiary/aromatic N) is 1. The van der Waals surface area contributed by atoms with E-state index < -0.39 is 0 Å². The molecule has 3 rings (SSSR count). The van der Waals surface area contributed by atoms with Crippen LogP contribution >= 0.6 is 0 Å². The highest BCUT2D eigenvalue weighted by molar-refractivity contribution is 6.00. The number of carbonyl (C=O) groups excluding carboxylic acids is 1. The number of carbonyl (C=O) groups is 1. The van der Waals surface area contributed by atoms with Gasteiger partial charge in [-0.1, -0.05) is 72.8 Å². The molecular formula is C21H18N2O. The van der Waals surface area contributed by atoms with Gasteiger partial charge in [-0.3, -0.25) is 4.79 Å². The van der Waals surface area contributed by atoms with Crippen LogP contribution in [-0.2, 0) is 0 Å². The van der Waals surface area contributed by atoms with Crippen molar-refractivity contribution in [2.24, 2.45) is 5.10 Å². The zero-order chi connectivity index (χ0) is 16.8. The molecule has 1 amide bonds. The van der Waals surface area contributed by atoms with Gasteiger partial charge in [0.2, 0.25) is 0 Å². The van der Waals surface area contributed by atoms with Crippen molar-refractivity contribution in [1.29, 1.82) is 0 Å². The normalized spacial score (nSPS) is 11.1. The van der Waals surface area contributed by atoms with Gasteiger partial charge in [0.1, 0.15) is 0 Å². The number of nitrogens with one attached hydrogen (secondary N) is 1. The summed E-state index contributed by atoms with van der Waals surface area (Å²) in [5, 5.41) is 4.17. The number of hydrazone groups is 1. The summed E-state index contributed by atoms with van der Waals surface area (Å²) in [6.07, 6.45) is 0. The summed E-state index contributed by atoms with van der Waals surface area (Å²) in [6, 6.07) is 27.3. The Kier molecular flexibility index (Phi) is 4.82. The minimum atomic E-state index is -0.218. The number of benzene rings is 3. The minimum Gasteiger partial charge on any atom is -0.267 e. The molecule has 0 bridgehead atoms. The molecule has 3 aromatic rings. The van der Waals surface area contributed by atoms with Crippen molar-refractivity contribution < 1.29 is 4.79 Å². The summed E-state index contributed by atoms with van der Waals surface area (Å²) < 4.78 is 0. The predicted octanol–water partition coefficient (Wildman–Crippen LogP) is 4.51. The Balaban J connectivity index is 1.70. The van der Waals surface area contributed by atoms with Crippen LogP contribution in [0, 0.1) is 0 Å². The second-order valence-electron chi connectivity index (χ2n) is 5.45. The Morgan fingerprint density at radius 3 is 1.88 bits per heavy atom. The third kappa shape index (κ3) is 3.76. The van der Waals surface area contributed by atoms with Crippen LogP contribution in [0.15, 0.2) is 90.0 Å². The molecule has 0 spiro atoms. The van der Waals surface area contributed by atoms with Gasteiger partial charge in [0.15, 0.2) is 0 Å². The van der Waals surface area contributed by atoms with E-state index in [0.717, 1.165) is 22.4 Å². The highest BCUT2D eigenvalue weighted by atomic mass is 16.2. The van der Waals surface area contributed by atoms with Gasteiger partial charge in [-0.2, -0.15) is 5.10 Å². The first-order chi connectivity index (χ1) is 11.7. The van der Waals surface area contributed by atoms with E-state index in [9.17, 15) is 4.79 Å². The Bertz CT molecular complexity index is 838. The average molecular weight is 314 g/mol. The van der Waals surface area contributed by atoms with E-state index in [4.69, 9.17) is 0 Å². The minimum absolute atomic E-state index is 0.218. The first kappa shape index (κ1) is 15.7. The molecule has 0 saturated carbocycles. The van der Waals surface area contributed by atoms with E-state index in [1.54, 1.807) is 0 Å². The van der Waals surface area contributed by atoms with Crippen LogP contribution in [0.3, 0.4) is 0 Å². The van der Waals surface area contributed by atoms with Crippen LogP contribution in [0.5, 0.6) is 0 Å². The van der Waals surface area contributed by atoms with Crippen LogP contribution in [0.4, 0.5) is 0 Å². The maximum Gasteiger partial charge on any atom is 0.271 e. The number of rotatable bonds is 4. The van der Waals surface area contributed by atoms with E-state index in [0.29, 0.717) is 5.56 Å². The summed E-state index contributed by atoms with van der Waals surface area (Å²) in [4.78, 5) is 12.2. The van der Waals surface area contributed by atoms with Gasteiger partial charge in [-0.05, 0) is 35.7 Å². The summed E-state index contributed by atoms with van der Waals surface area (Å²) in [6.45, 7) is 1.87. The molecule has 1 N–H and O–H groups in total. The smallest absolute Gasteiger partial charge is 0.267 e. The molecule has 118 valence electrons. The Hall–Kier alpha value is -3.20. The lowest BCUT2D eigenvalue weighted by Crippen LogP contribution is -2.19. The van der Waals surface area contributed by atoms with Crippen LogP contribution in [0.2, 0.25) is 0 Å². The fraction of sp³-hybridized carbons (Fsp3) is 0.0476. The van der Waals surface area contributed by atoms with Crippen molar-refractivity contribution in [3.63, 3.8) is 0 Å². The quantitative estimate of drug-likeness (QED) is 0.559. The second kappa shape index (κ2) is 7.38. The Labute approximate surface area is 141 Å². The fourth-order valence-corrected chi connectivity index (χ4v) is 2.39. The molecule has 0 aromatic heterocycles. The highest BCUT2D eigenvalue weighted by Gasteiger charge is 2.05. The standard InChI is InChI=1S/C21H18N2O/c1-16(17-8-4-2-5-9-17)22-23-21(24)20-14-12-19(13-15-20)18-10-6-3-7-11-18/h2-15H,1H3,(H,23,24)/b22-16+. The summed E-state index contributed by atoms with van der Waals surface area (Å²) >= 11 is 0. The topological polar surface area (TPSA) is 41.5 Å². The highest BCUT2D eigenvalue weighted by Crippen LogP contribution is 2.19. The molecule has 3 heteroatoms. The van der Waals surface area contributed by atoms with Crippen LogP contribution < -0.4 is 5.43 Å². The number of hydrogen-bond donors (Lipinski definition) is 1. The van der Waals surface area contributed by atoms with Crippen molar-refractivity contribution >= 4 is 11.6 Å². The lowest BCUT2D eigenvalue weighted by molar-refractivity contribution is 0.0955. The molecule has 0 saturated heterocycles. The van der Waals surface area contributed by atoms with Crippen LogP contribution in [0.1, 0.15) is 22.8 Å². The lowest BCUT2D eigenvalue weighted by Gasteiger charge is -2.05. The molecule has 0 radical (unpaired) electrons. The Morgan fingerprint density at radius 2 is 1.25 bits per heavy atom. The zero-order valence-electron chi connectivity index (χ0n) is 13.4. The van der Waals surface area contributed by atoms with E-state index in [2.05, 4.69) is 10.5 Å². The van der Waals surface area contributed by atoms with Crippen molar-refractivity contribution in [3.05, 3.63) is 96.1 Å². The van der Waals surface area contributed by atoms with Gasteiger partial charge in [0, 0.05) is 5.56 Å². The molecule has 0 aliphatic rings. The van der Waals surface area contributed by atoms with Gasteiger partial charge in [-0.15, -0.1) is 0 Å². The summed E-state index contributed by atoms with van der Waals surface area (Å²) in [5.41, 5.74) is 7.15. The molecule has 24 heavy (non-hydrogen) atoms. The lowest BCUT2D eigenvalue weighted by atomic mass is 10.0. The predicted molar refractivity (Wildman–Crippen MR) is 98.0 cm³/mol. The van der Waals surface area contributed by atoms with Gasteiger partial charge in [0.05, 0.1) is 5.71 Å². The first-order valence-corrected chi connectivity index (χ1v) is 7.79. The third-order valence-electron chi connectivity index (χ3n) is 3.77. The fourth-order valence-electron chi connectivity index (χ4n) is 2.39. The molecule has 0 aliphatic heterocycles. The molecule has 0 aliphatic carbocycles. The van der Waals surface area contributed by atoms with E-state index >= 15 is 0 Å². The first-order valence-electron chi connectivity index (χ1n) is 7.79. The molecule has 3 aromatic carbocycles. The van der Waals surface area contributed by atoms with Crippen molar-refractivity contribution in [3.8, 4) is 11.1 Å². The molecule has 0 unspecified atom stereocenters. The molecule has 0 heterocycles. The van der Waals surface area contributed by atoms with E-state index in [-0.39, 0.29) is 5.91 Å². The van der Waals surface area contributed by atoms with Crippen LogP contribution in [-0.4, -0.2) is 11.6 Å². The van der Waals surface area contributed by atoms with Crippen molar-refractivity contribution in [2.45, 2.75) is 6.92 Å². The SMILES string of the molecule is C/C(=N\NC(=O)c1ccc(-c2ccccc2)cc1)c1ccccc1. The maximum atomic E-state index is 12.2. The van der Waals surface area contributed by atoms with Gasteiger partial charge < -0.3 is 0 Å². The third-order valence-corrected chi connectivity index (χ3v) is 3.77. The summed E-state index contributed by atoms with van der Waals surface area (Å²) in [7, 11) is 0. The van der Waals surface area contributed by atoms with Gasteiger partial charge >= 0.3 is 0 Å². The monoisotopic (exact) mass is 314 g/mol. The number of hydrogen-bond acceptors (Lipinski definition) is 2. The zero-order valence-corrected chi connectivity index (χ0v) is 13.4. The Morgan fingerprint density at radius 1 is 0.708 bits per heavy atom. The van der Waals surface area contributed by atoms with Gasteiger partial charge in [-0.25, -0.2) is 5.43 Å². The van der Waals surface area contributed by atoms with Gasteiger partial charge in [0.25, 0.3) is 5.91 Å². The van der Waals surface area contributed by atoms with Crippen LogP contribution in [0.25, 0.3) is 11.1 Å². The molecule has 0 fully saturated rings. The second-order valence-corrected chi connectivity index (χ2v) is 5.45. The van der Waals surface area contributed by atoms with E-state index in [1.807, 2.05) is 91.9 Å². The number of amides is 1. The van der Waals surface area contributed by atoms with Crippen molar-refractivity contribution in [2.75, 3.05) is 0 Å². The summed E-state index contributed by atoms with van der Waals surface area (Å²) in [5.74, 6) is -0.218. The van der Waals surface area contributed by atoms with E-state index in [1.165, 1.54) is 0 Å². The maximum absolute atomic E-state index is 12.2. The largest absolute Gasteiger partial charge is 0.271 e. The molecule has 3 nitrogen and oxygen atoms in total. The van der Waals surface area contributed by atoms with Crippen molar-refractivity contribution in [1.82, 2.24) is 5.43 Å². The average Bonchev–Trinajstić information content (AvgIpc) is 2.67. The molecule has 0 atom stereocenters.